The number of piperidine rings is 1. The van der Waals surface area contributed by atoms with E-state index in [1.54, 1.807) is 42.5 Å². The number of benzene rings is 2. The lowest BCUT2D eigenvalue weighted by Crippen LogP contribution is -2.43. The van der Waals surface area contributed by atoms with E-state index in [4.69, 9.17) is 4.74 Å². The number of nitrogens with zero attached hydrogens (tertiary/aromatic N) is 2. The van der Waals surface area contributed by atoms with Crippen LogP contribution in [-0.4, -0.2) is 51.2 Å². The van der Waals surface area contributed by atoms with Crippen molar-refractivity contribution in [3.8, 4) is 0 Å². The van der Waals surface area contributed by atoms with Crippen LogP contribution in [0.4, 0.5) is 5.69 Å². The number of likely N-dealkylation sites (tertiary alicyclic amines) is 1. The van der Waals surface area contributed by atoms with Crippen LogP contribution in [-0.2, 0) is 19.6 Å². The number of sulfonamides is 1. The number of nitrogens with one attached hydrogen (secondary N) is 1. The van der Waals surface area contributed by atoms with Gasteiger partial charge in [-0.25, -0.2) is 4.79 Å². The Hall–Kier alpha value is -3.20. The molecule has 4 rings (SSSR count). The van der Waals surface area contributed by atoms with E-state index in [1.165, 1.54) is 7.11 Å². The van der Waals surface area contributed by atoms with Gasteiger partial charge in [0, 0.05) is 24.3 Å². The van der Waals surface area contributed by atoms with Crippen molar-refractivity contribution in [3.05, 3.63) is 59.2 Å². The first kappa shape index (κ1) is 21.0. The molecule has 1 N–H and O–H groups in total. The molecule has 2 aliphatic rings. The first-order valence-electron chi connectivity index (χ1n) is 9.99. The van der Waals surface area contributed by atoms with Crippen LogP contribution in [0.15, 0.2) is 51.8 Å². The number of esters is 1. The molecular formula is C22H23N3O5S. The highest BCUT2D eigenvalue weighted by atomic mass is 32.2. The minimum Gasteiger partial charge on any atom is -0.465 e. The van der Waals surface area contributed by atoms with Gasteiger partial charge in [-0.2, -0.15) is 8.42 Å². The highest BCUT2D eigenvalue weighted by Crippen LogP contribution is 2.30. The van der Waals surface area contributed by atoms with E-state index >= 15 is 0 Å². The molecule has 0 aromatic heterocycles. The Bertz CT molecular complexity index is 1190. The first-order chi connectivity index (χ1) is 14.8. The highest BCUT2D eigenvalue weighted by Gasteiger charge is 2.35. The van der Waals surface area contributed by atoms with E-state index in [1.807, 2.05) is 11.8 Å². The fourth-order valence-corrected chi connectivity index (χ4v) is 5.16. The smallest absolute Gasteiger partial charge is 0.337 e. The summed E-state index contributed by atoms with van der Waals surface area (Å²) in [5.41, 5.74) is 2.31. The van der Waals surface area contributed by atoms with Gasteiger partial charge < -0.3 is 15.0 Å². The molecule has 0 radical (unpaired) electrons. The third-order valence-electron chi connectivity index (χ3n) is 5.62. The fraction of sp³-hybridized carbons (Fsp3) is 0.318. The number of hydrogen-bond acceptors (Lipinski definition) is 6. The quantitative estimate of drug-likeness (QED) is 0.734. The third-order valence-corrected chi connectivity index (χ3v) is 6.95. The second-order valence-corrected chi connectivity index (χ2v) is 9.25. The predicted molar refractivity (Wildman–Crippen MR) is 116 cm³/mol. The maximum absolute atomic E-state index is 13.0. The maximum Gasteiger partial charge on any atom is 0.337 e. The van der Waals surface area contributed by atoms with Crippen molar-refractivity contribution in [2.45, 2.75) is 24.7 Å². The Balaban J connectivity index is 1.53. The number of carbonyl (C=O) groups excluding carboxylic acids is 2. The molecule has 162 valence electrons. The Morgan fingerprint density at radius 2 is 1.97 bits per heavy atom. The van der Waals surface area contributed by atoms with Crippen molar-refractivity contribution in [2.24, 2.45) is 10.3 Å². The van der Waals surface area contributed by atoms with E-state index in [9.17, 15) is 18.0 Å². The number of methoxy groups -OCH3 is 1. The Morgan fingerprint density at radius 3 is 2.74 bits per heavy atom. The van der Waals surface area contributed by atoms with Crippen LogP contribution in [0.1, 0.15) is 34.3 Å². The number of ether oxygens (including phenoxy) is 1. The van der Waals surface area contributed by atoms with E-state index in [-0.39, 0.29) is 16.7 Å². The molecule has 2 heterocycles. The van der Waals surface area contributed by atoms with Crippen molar-refractivity contribution in [1.29, 1.82) is 0 Å². The average molecular weight is 442 g/mol. The zero-order chi connectivity index (χ0) is 22.2. The lowest BCUT2D eigenvalue weighted by atomic mass is 9.96. The summed E-state index contributed by atoms with van der Waals surface area (Å²) < 4.78 is 33.5. The van der Waals surface area contributed by atoms with Crippen LogP contribution in [0.2, 0.25) is 0 Å². The number of carbonyl (C=O) groups is 2. The molecule has 1 fully saturated rings. The summed E-state index contributed by atoms with van der Waals surface area (Å²) in [4.78, 5) is 26.9. The summed E-state index contributed by atoms with van der Waals surface area (Å²) >= 11 is 0. The van der Waals surface area contributed by atoms with Crippen LogP contribution in [0.25, 0.3) is 0 Å². The van der Waals surface area contributed by atoms with Gasteiger partial charge in [0.15, 0.2) is 5.84 Å². The number of amides is 1. The van der Waals surface area contributed by atoms with Gasteiger partial charge in [-0.05, 0) is 49.6 Å². The van der Waals surface area contributed by atoms with Crippen LogP contribution in [0.5, 0.6) is 0 Å². The average Bonchev–Trinajstić information content (AvgIpc) is 3.06. The number of amidine groups is 1. The van der Waals surface area contributed by atoms with Crippen LogP contribution < -0.4 is 5.32 Å². The molecule has 0 aliphatic carbocycles. The summed E-state index contributed by atoms with van der Waals surface area (Å²) in [6.07, 6.45) is 1.42. The third kappa shape index (κ3) is 4.05. The molecule has 0 saturated carbocycles. The summed E-state index contributed by atoms with van der Waals surface area (Å²) in [6, 6.07) is 11.7. The largest absolute Gasteiger partial charge is 0.465 e. The molecule has 9 heteroatoms. The van der Waals surface area contributed by atoms with E-state index in [0.29, 0.717) is 42.2 Å². The van der Waals surface area contributed by atoms with Crippen molar-refractivity contribution >= 4 is 33.4 Å². The fourth-order valence-electron chi connectivity index (χ4n) is 3.94. The predicted octanol–water partition coefficient (Wildman–Crippen LogP) is 2.58. The second kappa shape index (κ2) is 8.14. The first-order valence-corrected chi connectivity index (χ1v) is 11.4. The molecule has 8 nitrogen and oxygen atoms in total. The topological polar surface area (TPSA) is 105 Å². The standard InChI is InChI=1S/C22H23N3O5S/c1-14-9-10-15(22(27)30-2)12-18(14)23-21(26)16-6-5-11-25(13-16)20-17-7-3-4-8-19(17)31(28,29)24-20/h3-4,7-10,12,16H,5-6,11,13H2,1-2H3,(H,23,26). The molecule has 31 heavy (non-hydrogen) atoms. The minimum atomic E-state index is -3.71. The van der Waals surface area contributed by atoms with Gasteiger partial charge in [0.1, 0.15) is 4.90 Å². The van der Waals surface area contributed by atoms with E-state index < -0.39 is 16.0 Å². The molecule has 2 aromatic carbocycles. The Morgan fingerprint density at radius 1 is 1.19 bits per heavy atom. The molecule has 1 amide bonds. The Kier molecular flexibility index (Phi) is 5.53. The van der Waals surface area contributed by atoms with E-state index in [0.717, 1.165) is 12.0 Å². The summed E-state index contributed by atoms with van der Waals surface area (Å²) in [6.45, 7) is 2.84. The monoisotopic (exact) mass is 441 g/mol. The van der Waals surface area contributed by atoms with Crippen LogP contribution in [0.3, 0.4) is 0 Å². The number of fused-ring (bicyclic) bond motifs is 1. The van der Waals surface area contributed by atoms with Gasteiger partial charge in [-0.1, -0.05) is 18.2 Å². The summed E-state index contributed by atoms with van der Waals surface area (Å²) in [7, 11) is -2.40. The maximum atomic E-state index is 13.0. The highest BCUT2D eigenvalue weighted by molar-refractivity contribution is 7.90. The molecule has 1 unspecified atom stereocenters. The van der Waals surface area contributed by atoms with Gasteiger partial charge in [-0.3, -0.25) is 4.79 Å². The number of hydrogen-bond donors (Lipinski definition) is 1. The zero-order valence-electron chi connectivity index (χ0n) is 17.3. The molecule has 2 aliphatic heterocycles. The van der Waals surface area contributed by atoms with Crippen LogP contribution in [0, 0.1) is 12.8 Å². The van der Waals surface area contributed by atoms with Crippen molar-refractivity contribution in [3.63, 3.8) is 0 Å². The number of aryl methyl sites for hydroxylation is 1. The summed E-state index contributed by atoms with van der Waals surface area (Å²) in [5.74, 6) is -0.590. The Labute approximate surface area is 181 Å². The van der Waals surface area contributed by atoms with Gasteiger partial charge in [0.2, 0.25) is 5.91 Å². The number of rotatable bonds is 3. The molecule has 0 spiro atoms. The SMILES string of the molecule is COC(=O)c1ccc(C)c(NC(=O)C2CCCN(C3=NS(=O)(=O)c4ccccc43)C2)c1. The van der Waals surface area contributed by atoms with Gasteiger partial charge in [0.25, 0.3) is 10.0 Å². The van der Waals surface area contributed by atoms with Gasteiger partial charge in [0.05, 0.1) is 18.6 Å². The molecule has 2 aromatic rings. The van der Waals surface area contributed by atoms with E-state index in [2.05, 4.69) is 9.71 Å². The number of anilines is 1. The van der Waals surface area contributed by atoms with Crippen LogP contribution >= 0.6 is 0 Å². The zero-order valence-corrected chi connectivity index (χ0v) is 18.1. The minimum absolute atomic E-state index is 0.176. The molecule has 1 saturated heterocycles. The van der Waals surface area contributed by atoms with Crippen molar-refractivity contribution in [1.82, 2.24) is 4.90 Å². The molecular weight excluding hydrogens is 418 g/mol. The molecule has 0 bridgehead atoms. The van der Waals surface area contributed by atoms with Gasteiger partial charge in [-0.15, -0.1) is 4.40 Å². The normalized spacial score (nSPS) is 19.4. The van der Waals surface area contributed by atoms with Crippen molar-refractivity contribution < 1.29 is 22.7 Å². The lowest BCUT2D eigenvalue weighted by Gasteiger charge is -2.33. The molecule has 1 atom stereocenters. The second-order valence-electron chi connectivity index (χ2n) is 7.68. The van der Waals surface area contributed by atoms with Gasteiger partial charge >= 0.3 is 5.97 Å². The van der Waals surface area contributed by atoms with Crippen molar-refractivity contribution in [2.75, 3.05) is 25.5 Å². The lowest BCUT2D eigenvalue weighted by molar-refractivity contribution is -0.121. The summed E-state index contributed by atoms with van der Waals surface area (Å²) in [5, 5.41) is 2.91.